The number of nitrogens with one attached hydrogen (secondary N) is 1. The maximum atomic E-state index is 12.7. The first-order chi connectivity index (χ1) is 10.4. The van der Waals surface area contributed by atoms with Crippen LogP contribution in [0.4, 0.5) is 13.2 Å². The van der Waals surface area contributed by atoms with Crippen LogP contribution in [0.15, 0.2) is 24.3 Å². The van der Waals surface area contributed by atoms with Crippen molar-refractivity contribution >= 4 is 5.91 Å². The second kappa shape index (κ2) is 5.57. The Morgan fingerprint density at radius 1 is 1.23 bits per heavy atom. The van der Waals surface area contributed by atoms with Gasteiger partial charge in [-0.25, -0.2) is 0 Å². The van der Waals surface area contributed by atoms with Gasteiger partial charge in [0.15, 0.2) is 0 Å². The van der Waals surface area contributed by atoms with Gasteiger partial charge in [0.25, 0.3) is 5.91 Å². The lowest BCUT2D eigenvalue weighted by Gasteiger charge is -2.52. The van der Waals surface area contributed by atoms with Gasteiger partial charge in [0.2, 0.25) is 0 Å². The molecule has 1 amide bonds. The van der Waals surface area contributed by atoms with Gasteiger partial charge in [-0.05, 0) is 49.3 Å². The molecule has 0 bridgehead atoms. The van der Waals surface area contributed by atoms with Crippen LogP contribution in [-0.4, -0.2) is 25.2 Å². The SMILES string of the molecule is O=C(NC1CCC12CCOCC2)c1cccc(C(F)(F)F)c1. The van der Waals surface area contributed by atoms with Crippen molar-refractivity contribution in [1.29, 1.82) is 0 Å². The van der Waals surface area contributed by atoms with Crippen LogP contribution in [0.2, 0.25) is 0 Å². The van der Waals surface area contributed by atoms with Crippen LogP contribution < -0.4 is 5.32 Å². The fourth-order valence-corrected chi connectivity index (χ4v) is 3.38. The van der Waals surface area contributed by atoms with E-state index >= 15 is 0 Å². The molecular weight excluding hydrogens is 295 g/mol. The fourth-order valence-electron chi connectivity index (χ4n) is 3.38. The summed E-state index contributed by atoms with van der Waals surface area (Å²) in [5.74, 6) is -0.429. The summed E-state index contributed by atoms with van der Waals surface area (Å²) in [6, 6.07) is 4.60. The summed E-state index contributed by atoms with van der Waals surface area (Å²) in [5.41, 5.74) is -0.659. The van der Waals surface area contributed by atoms with Gasteiger partial charge in [-0.1, -0.05) is 6.07 Å². The van der Waals surface area contributed by atoms with E-state index in [1.165, 1.54) is 12.1 Å². The summed E-state index contributed by atoms with van der Waals surface area (Å²) in [6.45, 7) is 1.38. The molecule has 6 heteroatoms. The van der Waals surface area contributed by atoms with E-state index in [0.29, 0.717) is 13.2 Å². The zero-order chi connectivity index (χ0) is 15.8. The number of ether oxygens (including phenoxy) is 1. The Morgan fingerprint density at radius 3 is 2.55 bits per heavy atom. The highest BCUT2D eigenvalue weighted by atomic mass is 19.4. The van der Waals surface area contributed by atoms with Crippen molar-refractivity contribution in [2.75, 3.05) is 13.2 Å². The van der Waals surface area contributed by atoms with Crippen molar-refractivity contribution in [3.05, 3.63) is 35.4 Å². The first kappa shape index (κ1) is 15.3. The first-order valence-electron chi connectivity index (χ1n) is 7.47. The highest BCUT2D eigenvalue weighted by molar-refractivity contribution is 5.94. The van der Waals surface area contributed by atoms with Crippen LogP contribution in [0.1, 0.15) is 41.6 Å². The number of benzene rings is 1. The molecule has 1 spiro atoms. The Hall–Kier alpha value is -1.56. The van der Waals surface area contributed by atoms with E-state index in [1.54, 1.807) is 0 Å². The third kappa shape index (κ3) is 2.84. The number of carbonyl (C=O) groups excluding carboxylic acids is 1. The van der Waals surface area contributed by atoms with Gasteiger partial charge in [0.05, 0.1) is 5.56 Å². The minimum absolute atomic E-state index is 0.0402. The number of amides is 1. The molecular formula is C16H18F3NO2. The molecule has 2 aliphatic rings. The van der Waals surface area contributed by atoms with Crippen LogP contribution >= 0.6 is 0 Å². The summed E-state index contributed by atoms with van der Waals surface area (Å²) >= 11 is 0. The molecule has 3 rings (SSSR count). The summed E-state index contributed by atoms with van der Waals surface area (Å²) in [7, 11) is 0. The normalized spacial score (nSPS) is 23.9. The Labute approximate surface area is 126 Å². The van der Waals surface area contributed by atoms with E-state index in [0.717, 1.165) is 37.8 Å². The molecule has 1 saturated carbocycles. The number of alkyl halides is 3. The molecule has 3 nitrogen and oxygen atoms in total. The van der Waals surface area contributed by atoms with Crippen molar-refractivity contribution in [3.63, 3.8) is 0 Å². The van der Waals surface area contributed by atoms with Gasteiger partial charge in [0, 0.05) is 24.8 Å². The molecule has 1 aromatic carbocycles. The van der Waals surface area contributed by atoms with E-state index in [1.807, 2.05) is 0 Å². The van der Waals surface area contributed by atoms with Crippen LogP contribution in [0.5, 0.6) is 0 Å². The van der Waals surface area contributed by atoms with Gasteiger partial charge in [-0.3, -0.25) is 4.79 Å². The Bertz CT molecular complexity index is 565. The van der Waals surface area contributed by atoms with E-state index in [2.05, 4.69) is 5.32 Å². The molecule has 1 unspecified atom stereocenters. The molecule has 1 saturated heterocycles. The number of rotatable bonds is 2. The molecule has 0 radical (unpaired) electrons. The molecule has 1 aliphatic carbocycles. The Balaban J connectivity index is 1.70. The van der Waals surface area contributed by atoms with Crippen LogP contribution in [0.25, 0.3) is 0 Å². The molecule has 22 heavy (non-hydrogen) atoms. The maximum Gasteiger partial charge on any atom is 0.416 e. The molecule has 0 aromatic heterocycles. The van der Waals surface area contributed by atoms with Gasteiger partial charge in [0.1, 0.15) is 0 Å². The quantitative estimate of drug-likeness (QED) is 0.909. The topological polar surface area (TPSA) is 38.3 Å². The van der Waals surface area contributed by atoms with Crippen molar-refractivity contribution < 1.29 is 22.7 Å². The van der Waals surface area contributed by atoms with E-state index in [4.69, 9.17) is 4.74 Å². The Morgan fingerprint density at radius 2 is 1.95 bits per heavy atom. The number of hydrogen-bond donors (Lipinski definition) is 1. The first-order valence-corrected chi connectivity index (χ1v) is 7.47. The van der Waals surface area contributed by atoms with E-state index < -0.39 is 17.6 Å². The molecule has 1 aliphatic heterocycles. The highest BCUT2D eigenvalue weighted by Gasteiger charge is 2.48. The van der Waals surface area contributed by atoms with Crippen LogP contribution in [0.3, 0.4) is 0 Å². The number of carbonyl (C=O) groups is 1. The van der Waals surface area contributed by atoms with Crippen molar-refractivity contribution in [3.8, 4) is 0 Å². The van der Waals surface area contributed by atoms with Crippen LogP contribution in [-0.2, 0) is 10.9 Å². The van der Waals surface area contributed by atoms with E-state index in [9.17, 15) is 18.0 Å². The predicted octanol–water partition coefficient (Wildman–Crippen LogP) is 3.39. The van der Waals surface area contributed by atoms with Gasteiger partial charge in [-0.15, -0.1) is 0 Å². The lowest BCUT2D eigenvalue weighted by atomic mass is 9.60. The number of hydrogen-bond acceptors (Lipinski definition) is 2. The van der Waals surface area contributed by atoms with Gasteiger partial charge < -0.3 is 10.1 Å². The van der Waals surface area contributed by atoms with Crippen LogP contribution in [0, 0.1) is 5.41 Å². The second-order valence-electron chi connectivity index (χ2n) is 6.12. The zero-order valence-corrected chi connectivity index (χ0v) is 12.1. The standard InChI is InChI=1S/C16H18F3NO2/c17-16(18,19)12-3-1-2-11(10-12)14(21)20-13-4-5-15(13)6-8-22-9-7-15/h1-3,10,13H,4-9H2,(H,20,21). The monoisotopic (exact) mass is 313 g/mol. The largest absolute Gasteiger partial charge is 0.416 e. The molecule has 120 valence electrons. The summed E-state index contributed by atoms with van der Waals surface area (Å²) < 4.78 is 43.5. The minimum atomic E-state index is -4.44. The molecule has 1 aromatic rings. The lowest BCUT2D eigenvalue weighted by Crippen LogP contribution is -2.57. The molecule has 1 N–H and O–H groups in total. The lowest BCUT2D eigenvalue weighted by molar-refractivity contribution is -0.137. The third-order valence-corrected chi connectivity index (χ3v) is 4.92. The maximum absolute atomic E-state index is 12.7. The average molecular weight is 313 g/mol. The minimum Gasteiger partial charge on any atom is -0.381 e. The van der Waals surface area contributed by atoms with Crippen molar-refractivity contribution in [1.82, 2.24) is 5.32 Å². The average Bonchev–Trinajstić information content (AvgIpc) is 2.51. The Kier molecular flexibility index (Phi) is 3.89. The smallest absolute Gasteiger partial charge is 0.381 e. The second-order valence-corrected chi connectivity index (χ2v) is 6.12. The van der Waals surface area contributed by atoms with E-state index in [-0.39, 0.29) is 17.0 Å². The summed E-state index contributed by atoms with van der Waals surface area (Å²) in [4.78, 5) is 12.2. The fraction of sp³-hybridized carbons (Fsp3) is 0.562. The van der Waals surface area contributed by atoms with Crippen molar-refractivity contribution in [2.24, 2.45) is 5.41 Å². The highest BCUT2D eigenvalue weighted by Crippen LogP contribution is 2.48. The summed E-state index contributed by atoms with van der Waals surface area (Å²) in [5, 5.41) is 2.91. The zero-order valence-electron chi connectivity index (χ0n) is 12.1. The number of halogens is 3. The van der Waals surface area contributed by atoms with Gasteiger partial charge in [-0.2, -0.15) is 13.2 Å². The van der Waals surface area contributed by atoms with Crippen molar-refractivity contribution in [2.45, 2.75) is 37.9 Å². The third-order valence-electron chi connectivity index (χ3n) is 4.92. The summed E-state index contributed by atoms with van der Waals surface area (Å²) in [6.07, 6.45) is -0.704. The molecule has 2 fully saturated rings. The molecule has 1 heterocycles. The molecule has 1 atom stereocenters. The van der Waals surface area contributed by atoms with Gasteiger partial charge >= 0.3 is 6.18 Å². The predicted molar refractivity (Wildman–Crippen MR) is 74.4 cm³/mol.